The number of aliphatic hydroxyl groups excluding tert-OH is 1. The Labute approximate surface area is 135 Å². The predicted octanol–water partition coefficient (Wildman–Crippen LogP) is 4.22. The lowest BCUT2D eigenvalue weighted by atomic mass is 10.1. The summed E-state index contributed by atoms with van der Waals surface area (Å²) in [7, 11) is 1.00. The Bertz CT molecular complexity index is 943. The molecule has 0 saturated carbocycles. The smallest absolute Gasteiger partial charge is 0.138 e. The molecule has 2 N–H and O–H groups in total. The zero-order chi connectivity index (χ0) is 16.2. The van der Waals surface area contributed by atoms with Crippen LogP contribution in [0.3, 0.4) is 0 Å². The van der Waals surface area contributed by atoms with Crippen molar-refractivity contribution < 1.29 is 5.11 Å². The van der Waals surface area contributed by atoms with Crippen LogP contribution in [0.5, 0.6) is 0 Å². The topological polar surface area (TPSA) is 61.8 Å². The van der Waals surface area contributed by atoms with Crippen LogP contribution in [0.2, 0.25) is 0 Å². The van der Waals surface area contributed by atoms with Gasteiger partial charge in [0.1, 0.15) is 5.65 Å². The van der Waals surface area contributed by atoms with E-state index in [0.717, 1.165) is 36.8 Å². The van der Waals surface area contributed by atoms with Crippen LogP contribution in [0.1, 0.15) is 25.5 Å². The summed E-state index contributed by atoms with van der Waals surface area (Å²) in [6.07, 6.45) is 7.25. The third kappa shape index (κ3) is 2.66. The van der Waals surface area contributed by atoms with Crippen LogP contribution in [0.25, 0.3) is 32.7 Å². The van der Waals surface area contributed by atoms with Gasteiger partial charge in [-0.3, -0.25) is 4.98 Å². The normalized spacial score (nSPS) is 10.9. The minimum absolute atomic E-state index is 0.948. The quantitative estimate of drug-likeness (QED) is 0.596. The second-order valence-corrected chi connectivity index (χ2v) is 5.47. The predicted molar refractivity (Wildman–Crippen MR) is 95.7 cm³/mol. The van der Waals surface area contributed by atoms with Gasteiger partial charge in [0.25, 0.3) is 0 Å². The molecule has 0 amide bonds. The van der Waals surface area contributed by atoms with Crippen molar-refractivity contribution in [3.8, 4) is 0 Å². The van der Waals surface area contributed by atoms with Crippen molar-refractivity contribution in [3.05, 3.63) is 48.4 Å². The summed E-state index contributed by atoms with van der Waals surface area (Å²) in [4.78, 5) is 12.7. The number of rotatable bonds is 3. The van der Waals surface area contributed by atoms with Crippen molar-refractivity contribution in [2.75, 3.05) is 7.11 Å². The first-order valence-corrected chi connectivity index (χ1v) is 7.96. The summed E-state index contributed by atoms with van der Waals surface area (Å²) in [5.74, 6) is 0. The summed E-state index contributed by atoms with van der Waals surface area (Å²) < 4.78 is 0. The van der Waals surface area contributed by atoms with Crippen LogP contribution in [-0.4, -0.2) is 27.2 Å². The van der Waals surface area contributed by atoms with E-state index < -0.39 is 0 Å². The molecule has 0 radical (unpaired) electrons. The lowest BCUT2D eigenvalue weighted by Crippen LogP contribution is -1.87. The first-order chi connectivity index (χ1) is 11.4. The molecule has 1 aromatic carbocycles. The van der Waals surface area contributed by atoms with E-state index in [4.69, 9.17) is 10.1 Å². The number of nitrogens with zero attached hydrogens (tertiary/aromatic N) is 2. The van der Waals surface area contributed by atoms with E-state index in [1.165, 1.54) is 28.0 Å². The van der Waals surface area contributed by atoms with Crippen LogP contribution >= 0.6 is 0 Å². The van der Waals surface area contributed by atoms with E-state index in [0.29, 0.717) is 0 Å². The van der Waals surface area contributed by atoms with Crippen LogP contribution in [0.4, 0.5) is 0 Å². The largest absolute Gasteiger partial charge is 0.400 e. The number of hydrogen-bond acceptors (Lipinski definition) is 3. The summed E-state index contributed by atoms with van der Waals surface area (Å²) in [6, 6.07) is 10.5. The molecular weight excluding hydrogens is 286 g/mol. The highest BCUT2D eigenvalue weighted by molar-refractivity contribution is 6.17. The fourth-order valence-electron chi connectivity index (χ4n) is 3.04. The molecule has 4 aromatic rings. The van der Waals surface area contributed by atoms with Gasteiger partial charge in [-0.25, -0.2) is 4.98 Å². The Morgan fingerprint density at radius 2 is 1.87 bits per heavy atom. The summed E-state index contributed by atoms with van der Waals surface area (Å²) >= 11 is 0. The molecule has 0 spiro atoms. The lowest BCUT2D eigenvalue weighted by molar-refractivity contribution is 0.399. The molecule has 0 aliphatic heterocycles. The molecule has 0 atom stereocenters. The van der Waals surface area contributed by atoms with Crippen molar-refractivity contribution in [2.45, 2.75) is 26.2 Å². The lowest BCUT2D eigenvalue weighted by Gasteiger charge is -1.97. The molecule has 0 aliphatic carbocycles. The van der Waals surface area contributed by atoms with E-state index in [-0.39, 0.29) is 0 Å². The number of pyridine rings is 1. The Balaban J connectivity index is 0.000000753. The maximum absolute atomic E-state index is 7.00. The monoisotopic (exact) mass is 307 g/mol. The number of unbranched alkanes of at least 4 members (excludes halogenated alkanes) is 1. The number of fused-ring (bicyclic) bond motifs is 2. The van der Waals surface area contributed by atoms with Gasteiger partial charge in [0.05, 0.1) is 11.2 Å². The van der Waals surface area contributed by atoms with E-state index in [9.17, 15) is 0 Å². The van der Waals surface area contributed by atoms with Gasteiger partial charge in [-0.1, -0.05) is 31.5 Å². The maximum atomic E-state index is 7.00. The molecule has 0 bridgehead atoms. The highest BCUT2D eigenvalue weighted by Gasteiger charge is 2.12. The van der Waals surface area contributed by atoms with Crippen LogP contribution in [-0.2, 0) is 6.42 Å². The van der Waals surface area contributed by atoms with Gasteiger partial charge >= 0.3 is 0 Å². The molecule has 118 valence electrons. The van der Waals surface area contributed by atoms with E-state index >= 15 is 0 Å². The van der Waals surface area contributed by atoms with Crippen molar-refractivity contribution in [1.29, 1.82) is 0 Å². The fraction of sp³-hybridized carbons (Fsp3) is 0.263. The second-order valence-electron chi connectivity index (χ2n) is 5.47. The fourth-order valence-corrected chi connectivity index (χ4v) is 3.04. The molecule has 0 saturated heterocycles. The molecule has 0 unspecified atom stereocenters. The first-order valence-electron chi connectivity index (χ1n) is 7.96. The average molecular weight is 307 g/mol. The highest BCUT2D eigenvalue weighted by atomic mass is 16.2. The van der Waals surface area contributed by atoms with E-state index in [2.05, 4.69) is 47.2 Å². The second kappa shape index (κ2) is 6.75. The Morgan fingerprint density at radius 3 is 2.70 bits per heavy atom. The van der Waals surface area contributed by atoms with Gasteiger partial charge in [0.15, 0.2) is 0 Å². The number of hydrogen-bond donors (Lipinski definition) is 2. The van der Waals surface area contributed by atoms with Gasteiger partial charge in [-0.05, 0) is 30.4 Å². The van der Waals surface area contributed by atoms with Crippen molar-refractivity contribution in [3.63, 3.8) is 0 Å². The van der Waals surface area contributed by atoms with Gasteiger partial charge < -0.3 is 10.1 Å². The van der Waals surface area contributed by atoms with E-state index in [1.54, 1.807) is 0 Å². The third-order valence-electron chi connectivity index (χ3n) is 4.10. The molecular formula is C19H21N3O. The molecule has 4 heteroatoms. The van der Waals surface area contributed by atoms with E-state index in [1.807, 2.05) is 12.4 Å². The Morgan fingerprint density at radius 1 is 1.04 bits per heavy atom. The first kappa shape index (κ1) is 15.4. The number of para-hydroxylation sites is 1. The van der Waals surface area contributed by atoms with Crippen LogP contribution in [0, 0.1) is 0 Å². The molecule has 3 aromatic heterocycles. The SMILES string of the molecule is CCCCc1nc2ccccc2c2cc[nH]c3ncc1c32.CO. The number of benzene rings is 1. The van der Waals surface area contributed by atoms with Crippen molar-refractivity contribution in [2.24, 2.45) is 0 Å². The number of aromatic nitrogens is 3. The average Bonchev–Trinajstić information content (AvgIpc) is 2.99. The molecule has 4 rings (SSSR count). The van der Waals surface area contributed by atoms with Gasteiger partial charge in [-0.15, -0.1) is 0 Å². The van der Waals surface area contributed by atoms with Crippen LogP contribution in [0.15, 0.2) is 42.7 Å². The third-order valence-corrected chi connectivity index (χ3v) is 4.10. The standard InChI is InChI=1S/C18H17N3.CH4O/c1-2-3-7-16-14-11-20-18-17(14)13(9-10-19-18)12-6-4-5-8-15(12)21-16;1-2/h4-6,8-11H,2-3,7H2,1H3,(H,19,20);2H,1H3. The zero-order valence-corrected chi connectivity index (χ0v) is 13.5. The van der Waals surface area contributed by atoms with Crippen LogP contribution < -0.4 is 0 Å². The molecule has 4 nitrogen and oxygen atoms in total. The van der Waals surface area contributed by atoms with Crippen molar-refractivity contribution in [1.82, 2.24) is 15.0 Å². The summed E-state index contributed by atoms with van der Waals surface area (Å²) in [5.41, 5.74) is 3.17. The number of aliphatic hydroxyl groups is 1. The number of aryl methyl sites for hydroxylation is 1. The summed E-state index contributed by atoms with van der Waals surface area (Å²) in [5, 5.41) is 11.8. The molecule has 23 heavy (non-hydrogen) atoms. The Hall–Kier alpha value is -2.46. The molecule has 3 heterocycles. The minimum Gasteiger partial charge on any atom is -0.400 e. The van der Waals surface area contributed by atoms with Gasteiger partial charge in [-0.2, -0.15) is 0 Å². The maximum Gasteiger partial charge on any atom is 0.138 e. The zero-order valence-electron chi connectivity index (χ0n) is 13.5. The molecule has 0 aliphatic rings. The Kier molecular flexibility index (Phi) is 4.53. The number of H-pyrrole nitrogens is 1. The highest BCUT2D eigenvalue weighted by Crippen LogP contribution is 2.31. The van der Waals surface area contributed by atoms with Gasteiger partial charge in [0.2, 0.25) is 0 Å². The molecule has 0 fully saturated rings. The van der Waals surface area contributed by atoms with Crippen molar-refractivity contribution >= 4 is 32.7 Å². The minimum atomic E-state index is 0.948. The number of aromatic amines is 1. The summed E-state index contributed by atoms with van der Waals surface area (Å²) in [6.45, 7) is 2.21. The number of nitrogens with one attached hydrogen (secondary N) is 1. The van der Waals surface area contributed by atoms with Gasteiger partial charge in [0, 0.05) is 35.7 Å².